The van der Waals surface area contributed by atoms with Crippen LogP contribution in [-0.4, -0.2) is 50.2 Å². The number of rotatable bonds is 10. The zero-order valence-electron chi connectivity index (χ0n) is 24.5. The van der Waals surface area contributed by atoms with Gasteiger partial charge in [0.2, 0.25) is 10.0 Å². The molecule has 3 aromatic rings. The van der Waals surface area contributed by atoms with E-state index < -0.39 is 45.2 Å². The van der Waals surface area contributed by atoms with Crippen LogP contribution in [0.5, 0.6) is 0 Å². The molecule has 0 aliphatic heterocycles. The van der Waals surface area contributed by atoms with Gasteiger partial charge in [0.05, 0.1) is 9.77 Å². The maximum absolute atomic E-state index is 13.0. The van der Waals surface area contributed by atoms with Crippen LogP contribution in [0.3, 0.4) is 0 Å². The third-order valence-corrected chi connectivity index (χ3v) is 8.03. The van der Waals surface area contributed by atoms with E-state index >= 15 is 0 Å². The molecule has 0 aliphatic carbocycles. The first-order valence-corrected chi connectivity index (χ1v) is 15.6. The summed E-state index contributed by atoms with van der Waals surface area (Å²) in [5.74, 6) is -1.27. The summed E-state index contributed by atoms with van der Waals surface area (Å²) in [5, 5.41) is 5.36. The highest BCUT2D eigenvalue weighted by Crippen LogP contribution is 2.28. The van der Waals surface area contributed by atoms with Crippen molar-refractivity contribution in [2.24, 2.45) is 0 Å². The van der Waals surface area contributed by atoms with Gasteiger partial charge in [-0.25, -0.2) is 13.2 Å². The van der Waals surface area contributed by atoms with E-state index in [1.807, 2.05) is 24.3 Å². The minimum atomic E-state index is -4.06. The van der Waals surface area contributed by atoms with Crippen molar-refractivity contribution in [3.8, 4) is 10.4 Å². The Morgan fingerprint density at radius 2 is 1.43 bits per heavy atom. The van der Waals surface area contributed by atoms with Crippen molar-refractivity contribution in [1.82, 2.24) is 15.4 Å². The van der Waals surface area contributed by atoms with Crippen molar-refractivity contribution >= 4 is 39.3 Å². The molecule has 2 amide bonds. The fraction of sp³-hybridized carbons (Fsp3) is 0.367. The SMILES string of the molecule is CC(C)(C)OC(=O)NCc1ccc(-c2ccc(C(=O)NCC(NS(=O)(=O)c3ccccc3)C(=O)OC(C)(C)C)s2)cc1. The van der Waals surface area contributed by atoms with E-state index in [0.717, 1.165) is 16.0 Å². The van der Waals surface area contributed by atoms with Gasteiger partial charge in [0.15, 0.2) is 0 Å². The minimum Gasteiger partial charge on any atom is -0.459 e. The first-order chi connectivity index (χ1) is 19.5. The van der Waals surface area contributed by atoms with Crippen LogP contribution >= 0.6 is 11.3 Å². The molecule has 3 N–H and O–H groups in total. The lowest BCUT2D eigenvalue weighted by molar-refractivity contribution is -0.156. The zero-order chi connectivity index (χ0) is 31.1. The number of amides is 2. The van der Waals surface area contributed by atoms with Gasteiger partial charge in [0.25, 0.3) is 5.91 Å². The second-order valence-electron chi connectivity index (χ2n) is 11.4. The summed E-state index contributed by atoms with van der Waals surface area (Å²) >= 11 is 1.25. The molecule has 42 heavy (non-hydrogen) atoms. The number of nitrogens with one attached hydrogen (secondary N) is 3. The van der Waals surface area contributed by atoms with E-state index in [9.17, 15) is 22.8 Å². The summed E-state index contributed by atoms with van der Waals surface area (Å²) in [5.41, 5.74) is 0.318. The van der Waals surface area contributed by atoms with E-state index in [4.69, 9.17) is 9.47 Å². The van der Waals surface area contributed by atoms with Gasteiger partial charge in [-0.1, -0.05) is 42.5 Å². The lowest BCUT2D eigenvalue weighted by atomic mass is 10.1. The predicted molar refractivity (Wildman–Crippen MR) is 162 cm³/mol. The Balaban J connectivity index is 1.65. The quantitative estimate of drug-likeness (QED) is 0.277. The molecule has 0 bridgehead atoms. The van der Waals surface area contributed by atoms with Crippen LogP contribution in [-0.2, 0) is 30.8 Å². The highest BCUT2D eigenvalue weighted by Gasteiger charge is 2.30. The number of sulfonamides is 1. The molecule has 12 heteroatoms. The fourth-order valence-corrected chi connectivity index (χ4v) is 5.71. The van der Waals surface area contributed by atoms with Gasteiger partial charge in [-0.3, -0.25) is 9.59 Å². The summed E-state index contributed by atoms with van der Waals surface area (Å²) in [6.45, 7) is 10.4. The molecular formula is C30H37N3O7S2. The molecule has 0 radical (unpaired) electrons. The van der Waals surface area contributed by atoms with E-state index in [0.29, 0.717) is 11.4 Å². The number of hydrogen-bond donors (Lipinski definition) is 3. The first-order valence-electron chi connectivity index (χ1n) is 13.3. The third kappa shape index (κ3) is 10.3. The van der Waals surface area contributed by atoms with Gasteiger partial charge in [0.1, 0.15) is 17.2 Å². The van der Waals surface area contributed by atoms with Crippen molar-refractivity contribution in [3.63, 3.8) is 0 Å². The van der Waals surface area contributed by atoms with E-state index in [-0.39, 0.29) is 11.4 Å². The molecule has 0 aliphatic rings. The molecular weight excluding hydrogens is 578 g/mol. The topological polar surface area (TPSA) is 140 Å². The maximum Gasteiger partial charge on any atom is 0.407 e. The van der Waals surface area contributed by atoms with Gasteiger partial charge >= 0.3 is 12.1 Å². The Kier molecular flexibility index (Phi) is 10.5. The van der Waals surface area contributed by atoms with Gasteiger partial charge in [0, 0.05) is 18.0 Å². The Morgan fingerprint density at radius 3 is 2.02 bits per heavy atom. The average Bonchev–Trinajstić information content (AvgIpc) is 3.39. The fourth-order valence-electron chi connectivity index (χ4n) is 3.57. The van der Waals surface area contributed by atoms with E-state index in [2.05, 4.69) is 15.4 Å². The summed E-state index contributed by atoms with van der Waals surface area (Å²) in [4.78, 5) is 38.9. The standard InChI is InChI=1S/C30H37N3O7S2/c1-29(2,3)39-27(35)23(33-42(37,38)22-10-8-7-9-11-22)19-31-26(34)25-17-16-24(41-25)21-14-12-20(13-15-21)18-32-28(36)40-30(4,5)6/h7-17,23,33H,18-19H2,1-6H3,(H,31,34)(H,32,36). The molecule has 0 fully saturated rings. The summed E-state index contributed by atoms with van der Waals surface area (Å²) in [6.07, 6.45) is -0.498. The number of alkyl carbamates (subject to hydrolysis) is 1. The van der Waals surface area contributed by atoms with Crippen LogP contribution < -0.4 is 15.4 Å². The summed E-state index contributed by atoms with van der Waals surface area (Å²) in [7, 11) is -4.06. The van der Waals surface area contributed by atoms with Crippen molar-refractivity contribution < 1.29 is 32.3 Å². The third-order valence-electron chi connectivity index (χ3n) is 5.41. The predicted octanol–water partition coefficient (Wildman–Crippen LogP) is 4.86. The van der Waals surface area contributed by atoms with Crippen LogP contribution in [0.2, 0.25) is 0 Å². The molecule has 1 unspecified atom stereocenters. The van der Waals surface area contributed by atoms with Gasteiger partial charge in [-0.2, -0.15) is 4.72 Å². The Hall–Kier alpha value is -3.74. The Labute approximate surface area is 250 Å². The molecule has 1 atom stereocenters. The largest absolute Gasteiger partial charge is 0.459 e. The maximum atomic E-state index is 13.0. The molecule has 10 nitrogen and oxygen atoms in total. The van der Waals surface area contributed by atoms with Crippen LogP contribution in [0.1, 0.15) is 56.8 Å². The second kappa shape index (κ2) is 13.5. The number of hydrogen-bond acceptors (Lipinski definition) is 8. The van der Waals surface area contributed by atoms with Gasteiger partial charge in [-0.05, 0) is 76.9 Å². The highest BCUT2D eigenvalue weighted by molar-refractivity contribution is 7.89. The monoisotopic (exact) mass is 615 g/mol. The average molecular weight is 616 g/mol. The molecule has 1 aromatic heterocycles. The van der Waals surface area contributed by atoms with Crippen LogP contribution in [0.25, 0.3) is 10.4 Å². The molecule has 2 aromatic carbocycles. The number of benzene rings is 2. The smallest absolute Gasteiger partial charge is 0.407 e. The first kappa shape index (κ1) is 32.8. The second-order valence-corrected chi connectivity index (χ2v) is 14.2. The van der Waals surface area contributed by atoms with Crippen molar-refractivity contribution in [2.75, 3.05) is 6.54 Å². The normalized spacial score (nSPS) is 12.7. The van der Waals surface area contributed by atoms with E-state index in [1.165, 1.54) is 23.5 Å². The molecule has 0 spiro atoms. The van der Waals surface area contributed by atoms with Crippen LogP contribution in [0.15, 0.2) is 71.6 Å². The van der Waals surface area contributed by atoms with Crippen molar-refractivity contribution in [1.29, 1.82) is 0 Å². The Morgan fingerprint density at radius 1 is 0.810 bits per heavy atom. The minimum absolute atomic E-state index is 0.0144. The molecule has 3 rings (SSSR count). The summed E-state index contributed by atoms with van der Waals surface area (Å²) in [6, 6.07) is 17.3. The number of ether oxygens (including phenoxy) is 2. The van der Waals surface area contributed by atoms with Crippen LogP contribution in [0.4, 0.5) is 4.79 Å². The number of carbonyl (C=O) groups is 3. The Bertz CT molecular complexity index is 1490. The van der Waals surface area contributed by atoms with Crippen LogP contribution in [0, 0.1) is 0 Å². The lowest BCUT2D eigenvalue weighted by Gasteiger charge is -2.24. The number of esters is 1. The van der Waals surface area contributed by atoms with E-state index in [1.54, 1.807) is 71.9 Å². The number of carbonyl (C=O) groups excluding carboxylic acids is 3. The van der Waals surface area contributed by atoms with Gasteiger partial charge < -0.3 is 20.1 Å². The molecule has 1 heterocycles. The lowest BCUT2D eigenvalue weighted by Crippen LogP contribution is -2.50. The molecule has 226 valence electrons. The molecule has 0 saturated heterocycles. The zero-order valence-corrected chi connectivity index (χ0v) is 26.1. The molecule has 0 saturated carbocycles. The summed E-state index contributed by atoms with van der Waals surface area (Å²) < 4.78 is 38.8. The number of thiophene rings is 1. The van der Waals surface area contributed by atoms with Crippen molar-refractivity contribution in [3.05, 3.63) is 77.2 Å². The van der Waals surface area contributed by atoms with Crippen molar-refractivity contribution in [2.45, 2.75) is 70.2 Å². The van der Waals surface area contributed by atoms with Gasteiger partial charge in [-0.15, -0.1) is 11.3 Å². The highest BCUT2D eigenvalue weighted by atomic mass is 32.2.